The third-order valence-electron chi connectivity index (χ3n) is 3.22. The standard InChI is InChI=1S/C12H26N2O2/c1-4-5-11(13)12(8-15)14-6-9(2)16-10(3)7-14/h9-12,15H,4-8,13H2,1-3H3. The summed E-state index contributed by atoms with van der Waals surface area (Å²) in [5.74, 6) is 0. The van der Waals surface area contributed by atoms with Crippen LogP contribution in [-0.2, 0) is 4.74 Å². The van der Waals surface area contributed by atoms with Gasteiger partial charge in [-0.05, 0) is 20.3 Å². The summed E-state index contributed by atoms with van der Waals surface area (Å²) >= 11 is 0. The Balaban J connectivity index is 2.57. The van der Waals surface area contributed by atoms with E-state index in [2.05, 4.69) is 25.7 Å². The van der Waals surface area contributed by atoms with Gasteiger partial charge in [0, 0.05) is 25.2 Å². The molecule has 1 rings (SSSR count). The highest BCUT2D eigenvalue weighted by molar-refractivity contribution is 4.86. The molecule has 3 N–H and O–H groups in total. The highest BCUT2D eigenvalue weighted by Crippen LogP contribution is 2.16. The zero-order valence-corrected chi connectivity index (χ0v) is 10.7. The molecule has 4 unspecified atom stereocenters. The number of rotatable bonds is 5. The second kappa shape index (κ2) is 6.55. The maximum Gasteiger partial charge on any atom is 0.0678 e. The van der Waals surface area contributed by atoms with Crippen molar-refractivity contribution in [3.63, 3.8) is 0 Å². The molecule has 0 bridgehead atoms. The largest absolute Gasteiger partial charge is 0.395 e. The number of morpholine rings is 1. The third kappa shape index (κ3) is 3.70. The van der Waals surface area contributed by atoms with Gasteiger partial charge >= 0.3 is 0 Å². The van der Waals surface area contributed by atoms with Gasteiger partial charge in [-0.1, -0.05) is 13.3 Å². The lowest BCUT2D eigenvalue weighted by atomic mass is 10.0. The van der Waals surface area contributed by atoms with Gasteiger partial charge in [0.1, 0.15) is 0 Å². The van der Waals surface area contributed by atoms with Gasteiger partial charge in [0.15, 0.2) is 0 Å². The number of hydrogen-bond acceptors (Lipinski definition) is 4. The van der Waals surface area contributed by atoms with Gasteiger partial charge < -0.3 is 15.6 Å². The minimum atomic E-state index is 0.0625. The van der Waals surface area contributed by atoms with Crippen LogP contribution in [0.1, 0.15) is 33.6 Å². The van der Waals surface area contributed by atoms with E-state index in [-0.39, 0.29) is 30.9 Å². The number of aliphatic hydroxyl groups excluding tert-OH is 1. The Morgan fingerprint density at radius 2 is 1.94 bits per heavy atom. The Labute approximate surface area is 98.8 Å². The molecule has 1 aliphatic rings. The molecule has 4 heteroatoms. The van der Waals surface area contributed by atoms with Gasteiger partial charge in [0.2, 0.25) is 0 Å². The number of aliphatic hydroxyl groups is 1. The predicted octanol–water partition coefficient (Wildman–Crippen LogP) is 0.584. The van der Waals surface area contributed by atoms with Crippen molar-refractivity contribution in [3.05, 3.63) is 0 Å². The lowest BCUT2D eigenvalue weighted by molar-refractivity contribution is -0.0888. The van der Waals surface area contributed by atoms with Crippen molar-refractivity contribution >= 4 is 0 Å². The van der Waals surface area contributed by atoms with Crippen molar-refractivity contribution in [2.45, 2.75) is 57.9 Å². The molecule has 0 aromatic carbocycles. The SMILES string of the molecule is CCCC(N)C(CO)N1CC(C)OC(C)C1. The molecule has 4 nitrogen and oxygen atoms in total. The topological polar surface area (TPSA) is 58.7 Å². The van der Waals surface area contributed by atoms with Crippen LogP contribution in [0.2, 0.25) is 0 Å². The predicted molar refractivity (Wildman–Crippen MR) is 65.3 cm³/mol. The Hall–Kier alpha value is -0.160. The summed E-state index contributed by atoms with van der Waals surface area (Å²) in [5, 5.41) is 9.49. The van der Waals surface area contributed by atoms with Crippen LogP contribution in [0.15, 0.2) is 0 Å². The molecule has 0 saturated carbocycles. The van der Waals surface area contributed by atoms with Crippen molar-refractivity contribution in [2.75, 3.05) is 19.7 Å². The van der Waals surface area contributed by atoms with Crippen molar-refractivity contribution in [3.8, 4) is 0 Å². The van der Waals surface area contributed by atoms with Crippen LogP contribution in [0.5, 0.6) is 0 Å². The van der Waals surface area contributed by atoms with Crippen LogP contribution in [-0.4, -0.2) is 54.0 Å². The Morgan fingerprint density at radius 3 is 2.38 bits per heavy atom. The Kier molecular flexibility index (Phi) is 5.69. The van der Waals surface area contributed by atoms with E-state index in [9.17, 15) is 5.11 Å². The molecule has 96 valence electrons. The minimum absolute atomic E-state index is 0.0625. The second-order valence-electron chi connectivity index (χ2n) is 4.91. The molecule has 1 saturated heterocycles. The first-order valence-electron chi connectivity index (χ1n) is 6.34. The van der Waals surface area contributed by atoms with Crippen LogP contribution in [0.25, 0.3) is 0 Å². The summed E-state index contributed by atoms with van der Waals surface area (Å²) in [5.41, 5.74) is 6.12. The molecule has 1 aliphatic heterocycles. The van der Waals surface area contributed by atoms with Gasteiger partial charge in [-0.25, -0.2) is 0 Å². The molecule has 1 heterocycles. The number of ether oxygens (including phenoxy) is 1. The lowest BCUT2D eigenvalue weighted by Gasteiger charge is -2.41. The summed E-state index contributed by atoms with van der Waals surface area (Å²) in [4.78, 5) is 2.28. The smallest absolute Gasteiger partial charge is 0.0678 e. The summed E-state index contributed by atoms with van der Waals surface area (Å²) < 4.78 is 5.69. The first kappa shape index (κ1) is 13.9. The fraction of sp³-hybridized carbons (Fsp3) is 1.00. The maximum atomic E-state index is 9.49. The molecule has 0 radical (unpaired) electrons. The summed E-state index contributed by atoms with van der Waals surface area (Å²) in [6, 6.07) is 0.140. The molecule has 4 atom stereocenters. The van der Waals surface area contributed by atoms with E-state index in [0.717, 1.165) is 25.9 Å². The average molecular weight is 230 g/mol. The lowest BCUT2D eigenvalue weighted by Crippen LogP contribution is -2.57. The van der Waals surface area contributed by atoms with Gasteiger partial charge in [0.25, 0.3) is 0 Å². The van der Waals surface area contributed by atoms with E-state index in [1.165, 1.54) is 0 Å². The van der Waals surface area contributed by atoms with E-state index in [4.69, 9.17) is 10.5 Å². The molecular formula is C12H26N2O2. The first-order valence-corrected chi connectivity index (χ1v) is 6.34. The fourth-order valence-corrected chi connectivity index (χ4v) is 2.54. The van der Waals surface area contributed by atoms with Crippen LogP contribution in [0, 0.1) is 0 Å². The molecule has 0 spiro atoms. The van der Waals surface area contributed by atoms with Crippen LogP contribution in [0.3, 0.4) is 0 Å². The summed E-state index contributed by atoms with van der Waals surface area (Å²) in [7, 11) is 0. The third-order valence-corrected chi connectivity index (χ3v) is 3.22. The summed E-state index contributed by atoms with van der Waals surface area (Å²) in [6.07, 6.45) is 2.48. The Morgan fingerprint density at radius 1 is 1.38 bits per heavy atom. The number of nitrogens with two attached hydrogens (primary N) is 1. The molecular weight excluding hydrogens is 204 g/mol. The van der Waals surface area contributed by atoms with Crippen molar-refractivity contribution in [1.29, 1.82) is 0 Å². The normalized spacial score (nSPS) is 31.3. The zero-order chi connectivity index (χ0) is 12.1. The quantitative estimate of drug-likeness (QED) is 0.725. The van der Waals surface area contributed by atoms with E-state index < -0.39 is 0 Å². The number of hydrogen-bond donors (Lipinski definition) is 2. The zero-order valence-electron chi connectivity index (χ0n) is 10.7. The molecule has 1 fully saturated rings. The maximum absolute atomic E-state index is 9.49. The second-order valence-corrected chi connectivity index (χ2v) is 4.91. The van der Waals surface area contributed by atoms with Gasteiger partial charge in [-0.15, -0.1) is 0 Å². The van der Waals surface area contributed by atoms with E-state index in [0.29, 0.717) is 0 Å². The van der Waals surface area contributed by atoms with Crippen molar-refractivity contribution < 1.29 is 9.84 Å². The van der Waals surface area contributed by atoms with Gasteiger partial charge in [0.05, 0.1) is 18.8 Å². The highest BCUT2D eigenvalue weighted by atomic mass is 16.5. The highest BCUT2D eigenvalue weighted by Gasteiger charge is 2.30. The molecule has 16 heavy (non-hydrogen) atoms. The molecule has 0 amide bonds. The summed E-state index contributed by atoms with van der Waals surface area (Å²) in [6.45, 7) is 8.14. The van der Waals surface area contributed by atoms with Crippen molar-refractivity contribution in [2.24, 2.45) is 5.73 Å². The monoisotopic (exact) mass is 230 g/mol. The van der Waals surface area contributed by atoms with Crippen LogP contribution >= 0.6 is 0 Å². The molecule has 0 aliphatic carbocycles. The van der Waals surface area contributed by atoms with E-state index in [1.54, 1.807) is 0 Å². The van der Waals surface area contributed by atoms with Crippen molar-refractivity contribution in [1.82, 2.24) is 4.90 Å². The number of nitrogens with zero attached hydrogens (tertiary/aromatic N) is 1. The fourth-order valence-electron chi connectivity index (χ4n) is 2.54. The Bertz CT molecular complexity index is 191. The molecule has 0 aromatic heterocycles. The van der Waals surface area contributed by atoms with Crippen LogP contribution in [0.4, 0.5) is 0 Å². The van der Waals surface area contributed by atoms with Crippen LogP contribution < -0.4 is 5.73 Å². The van der Waals surface area contributed by atoms with Gasteiger partial charge in [-0.2, -0.15) is 0 Å². The first-order chi connectivity index (χ1) is 7.58. The van der Waals surface area contributed by atoms with E-state index in [1.807, 2.05) is 0 Å². The minimum Gasteiger partial charge on any atom is -0.395 e. The average Bonchev–Trinajstić information content (AvgIpc) is 2.17. The van der Waals surface area contributed by atoms with E-state index >= 15 is 0 Å². The molecule has 0 aromatic rings. The van der Waals surface area contributed by atoms with Gasteiger partial charge in [-0.3, -0.25) is 4.90 Å².